The highest BCUT2D eigenvalue weighted by molar-refractivity contribution is 5.85. The molecule has 124 valence electrons. The lowest BCUT2D eigenvalue weighted by Gasteiger charge is -2.31. The molecule has 1 aromatic rings. The van der Waals surface area contributed by atoms with E-state index in [1.807, 2.05) is 6.92 Å². The van der Waals surface area contributed by atoms with Crippen molar-refractivity contribution in [3.8, 4) is 0 Å². The van der Waals surface area contributed by atoms with Gasteiger partial charge in [-0.2, -0.15) is 0 Å². The standard InChI is InChI=1S/C17H25FN2O.ClH/c1-12(14-7-3-4-8-15(14)18)10-17(21)20-16-9-5-2-6-13(16)11-19;/h3-4,7-8,12-13,16H,2,5-6,9-11,19H2,1H3,(H,20,21);1H. The summed E-state index contributed by atoms with van der Waals surface area (Å²) in [5.74, 6) is 0.0176. The minimum Gasteiger partial charge on any atom is -0.353 e. The fourth-order valence-corrected chi connectivity index (χ4v) is 3.21. The maximum absolute atomic E-state index is 13.7. The molecule has 1 amide bonds. The first-order valence-electron chi connectivity index (χ1n) is 7.85. The van der Waals surface area contributed by atoms with E-state index >= 15 is 0 Å². The summed E-state index contributed by atoms with van der Waals surface area (Å²) in [6.07, 6.45) is 4.74. The van der Waals surface area contributed by atoms with Crippen molar-refractivity contribution in [2.45, 2.75) is 51.0 Å². The second kappa shape index (κ2) is 9.11. The van der Waals surface area contributed by atoms with Gasteiger partial charge in [0.25, 0.3) is 0 Å². The summed E-state index contributed by atoms with van der Waals surface area (Å²) in [5, 5.41) is 3.10. The summed E-state index contributed by atoms with van der Waals surface area (Å²) in [6, 6.07) is 6.84. The molecule has 1 aliphatic rings. The number of hydrogen-bond acceptors (Lipinski definition) is 2. The molecule has 0 bridgehead atoms. The Balaban J connectivity index is 0.00000242. The molecule has 3 atom stereocenters. The van der Waals surface area contributed by atoms with Crippen LogP contribution >= 0.6 is 12.4 Å². The normalized spacial score (nSPS) is 22.5. The molecule has 0 aliphatic heterocycles. The lowest BCUT2D eigenvalue weighted by Crippen LogP contribution is -2.44. The Hall–Kier alpha value is -1.13. The number of nitrogens with one attached hydrogen (secondary N) is 1. The molecule has 3 unspecified atom stereocenters. The molecule has 2 rings (SSSR count). The summed E-state index contributed by atoms with van der Waals surface area (Å²) in [5.41, 5.74) is 6.38. The first-order valence-corrected chi connectivity index (χ1v) is 7.85. The summed E-state index contributed by atoms with van der Waals surface area (Å²) >= 11 is 0. The Kier molecular flexibility index (Phi) is 7.83. The van der Waals surface area contributed by atoms with E-state index in [0.29, 0.717) is 24.4 Å². The molecule has 3 N–H and O–H groups in total. The summed E-state index contributed by atoms with van der Waals surface area (Å²) < 4.78 is 13.7. The Morgan fingerprint density at radius 3 is 2.73 bits per heavy atom. The molecule has 1 fully saturated rings. The molecule has 5 heteroatoms. The van der Waals surface area contributed by atoms with E-state index in [9.17, 15) is 9.18 Å². The number of carbonyl (C=O) groups excluding carboxylic acids is 1. The van der Waals surface area contributed by atoms with Gasteiger partial charge in [-0.05, 0) is 42.9 Å². The van der Waals surface area contributed by atoms with Gasteiger partial charge >= 0.3 is 0 Å². The van der Waals surface area contributed by atoms with Gasteiger partial charge in [-0.1, -0.05) is 38.0 Å². The third-order valence-corrected chi connectivity index (χ3v) is 4.49. The van der Waals surface area contributed by atoms with E-state index in [0.717, 1.165) is 19.3 Å². The maximum Gasteiger partial charge on any atom is 0.220 e. The molecule has 0 spiro atoms. The smallest absolute Gasteiger partial charge is 0.220 e. The van der Waals surface area contributed by atoms with Crippen molar-refractivity contribution in [3.63, 3.8) is 0 Å². The largest absolute Gasteiger partial charge is 0.353 e. The van der Waals surface area contributed by atoms with E-state index in [4.69, 9.17) is 5.73 Å². The molecule has 1 aliphatic carbocycles. The van der Waals surface area contributed by atoms with Crippen LogP contribution in [0.15, 0.2) is 24.3 Å². The third-order valence-electron chi connectivity index (χ3n) is 4.49. The fourth-order valence-electron chi connectivity index (χ4n) is 3.21. The molecule has 1 saturated carbocycles. The lowest BCUT2D eigenvalue weighted by molar-refractivity contribution is -0.122. The fraction of sp³-hybridized carbons (Fsp3) is 0.588. The van der Waals surface area contributed by atoms with Gasteiger partial charge in [0.15, 0.2) is 0 Å². The minimum absolute atomic E-state index is 0. The van der Waals surface area contributed by atoms with Gasteiger partial charge in [-0.25, -0.2) is 4.39 Å². The molecule has 0 heterocycles. The van der Waals surface area contributed by atoms with Gasteiger partial charge in [0, 0.05) is 12.5 Å². The van der Waals surface area contributed by atoms with E-state index in [1.54, 1.807) is 18.2 Å². The Bertz CT molecular complexity index is 483. The highest BCUT2D eigenvalue weighted by Crippen LogP contribution is 2.25. The number of halogens is 2. The van der Waals surface area contributed by atoms with Crippen molar-refractivity contribution >= 4 is 18.3 Å². The zero-order valence-corrected chi connectivity index (χ0v) is 13.9. The van der Waals surface area contributed by atoms with Crippen LogP contribution in [0.5, 0.6) is 0 Å². The van der Waals surface area contributed by atoms with Crippen LogP contribution in [0, 0.1) is 11.7 Å². The summed E-state index contributed by atoms with van der Waals surface area (Å²) in [4.78, 5) is 12.2. The topological polar surface area (TPSA) is 55.1 Å². The molecule has 0 radical (unpaired) electrons. The average molecular weight is 329 g/mol. The van der Waals surface area contributed by atoms with E-state index in [1.165, 1.54) is 12.5 Å². The Labute approximate surface area is 138 Å². The zero-order chi connectivity index (χ0) is 15.2. The van der Waals surface area contributed by atoms with Crippen molar-refractivity contribution < 1.29 is 9.18 Å². The van der Waals surface area contributed by atoms with Gasteiger partial charge in [-0.15, -0.1) is 12.4 Å². The van der Waals surface area contributed by atoms with E-state index in [-0.39, 0.29) is 36.1 Å². The van der Waals surface area contributed by atoms with Crippen LogP contribution in [0.4, 0.5) is 4.39 Å². The number of nitrogens with two attached hydrogens (primary N) is 1. The number of rotatable bonds is 5. The van der Waals surface area contributed by atoms with Gasteiger partial charge in [-0.3, -0.25) is 4.79 Å². The number of carbonyl (C=O) groups is 1. The molecule has 0 saturated heterocycles. The maximum atomic E-state index is 13.7. The number of amides is 1. The monoisotopic (exact) mass is 328 g/mol. The van der Waals surface area contributed by atoms with E-state index < -0.39 is 0 Å². The third kappa shape index (κ3) is 4.96. The van der Waals surface area contributed by atoms with Crippen LogP contribution in [0.3, 0.4) is 0 Å². The lowest BCUT2D eigenvalue weighted by atomic mass is 9.84. The molecule has 3 nitrogen and oxygen atoms in total. The van der Waals surface area contributed by atoms with Gasteiger partial charge in [0.05, 0.1) is 0 Å². The molecular weight excluding hydrogens is 303 g/mol. The van der Waals surface area contributed by atoms with Gasteiger partial charge < -0.3 is 11.1 Å². The first kappa shape index (κ1) is 18.9. The van der Waals surface area contributed by atoms with Crippen LogP contribution < -0.4 is 11.1 Å². The van der Waals surface area contributed by atoms with Crippen LogP contribution in [0.25, 0.3) is 0 Å². The van der Waals surface area contributed by atoms with Crippen molar-refractivity contribution in [1.82, 2.24) is 5.32 Å². The van der Waals surface area contributed by atoms with Crippen molar-refractivity contribution in [2.75, 3.05) is 6.54 Å². The summed E-state index contributed by atoms with van der Waals surface area (Å²) in [6.45, 7) is 2.51. The number of hydrogen-bond donors (Lipinski definition) is 2. The first-order chi connectivity index (χ1) is 10.1. The van der Waals surface area contributed by atoms with E-state index in [2.05, 4.69) is 5.32 Å². The van der Waals surface area contributed by atoms with Crippen LogP contribution in [-0.4, -0.2) is 18.5 Å². The molecular formula is C17H26ClFN2O. The minimum atomic E-state index is -0.240. The van der Waals surface area contributed by atoms with Crippen LogP contribution in [0.2, 0.25) is 0 Å². The predicted molar refractivity (Wildman–Crippen MR) is 89.6 cm³/mol. The Morgan fingerprint density at radius 1 is 1.36 bits per heavy atom. The highest BCUT2D eigenvalue weighted by atomic mass is 35.5. The van der Waals surface area contributed by atoms with Crippen LogP contribution in [-0.2, 0) is 4.79 Å². The van der Waals surface area contributed by atoms with Gasteiger partial charge in [0.2, 0.25) is 5.91 Å². The molecule has 0 aromatic heterocycles. The quantitative estimate of drug-likeness (QED) is 0.870. The number of benzene rings is 1. The van der Waals surface area contributed by atoms with Gasteiger partial charge in [0.1, 0.15) is 5.82 Å². The van der Waals surface area contributed by atoms with Crippen molar-refractivity contribution in [3.05, 3.63) is 35.6 Å². The SMILES string of the molecule is CC(CC(=O)NC1CCCCC1CN)c1ccccc1F.Cl. The Morgan fingerprint density at radius 2 is 2.05 bits per heavy atom. The molecule has 22 heavy (non-hydrogen) atoms. The highest BCUT2D eigenvalue weighted by Gasteiger charge is 2.26. The molecule has 1 aromatic carbocycles. The second-order valence-electron chi connectivity index (χ2n) is 6.08. The van der Waals surface area contributed by atoms with Crippen molar-refractivity contribution in [2.24, 2.45) is 11.7 Å². The van der Waals surface area contributed by atoms with Crippen molar-refractivity contribution in [1.29, 1.82) is 0 Å². The average Bonchev–Trinajstić information content (AvgIpc) is 2.48. The van der Waals surface area contributed by atoms with Crippen LogP contribution in [0.1, 0.15) is 50.5 Å². The second-order valence-corrected chi connectivity index (χ2v) is 6.08. The zero-order valence-electron chi connectivity index (χ0n) is 13.1. The predicted octanol–water partition coefficient (Wildman–Crippen LogP) is 3.37. The summed E-state index contributed by atoms with van der Waals surface area (Å²) in [7, 11) is 0.